The van der Waals surface area contributed by atoms with Crippen molar-refractivity contribution in [3.63, 3.8) is 0 Å². The standard InChI is InChI=1S/C14H23N3O2S/c1-2-9-17-20(18,19)13-7-5-12(6-8-13)16-10-14(15)11-3-4-11/h5-8,11,14,16-17H,2-4,9-10,15H2,1H3. The maximum absolute atomic E-state index is 11.9. The Morgan fingerprint density at radius 1 is 1.30 bits per heavy atom. The summed E-state index contributed by atoms with van der Waals surface area (Å²) in [6.07, 6.45) is 3.23. The lowest BCUT2D eigenvalue weighted by molar-refractivity contribution is 0.581. The van der Waals surface area contributed by atoms with Crippen molar-refractivity contribution in [2.45, 2.75) is 37.1 Å². The van der Waals surface area contributed by atoms with Crippen molar-refractivity contribution < 1.29 is 8.42 Å². The molecule has 1 aromatic carbocycles. The first-order valence-electron chi connectivity index (χ1n) is 7.12. The molecule has 112 valence electrons. The van der Waals surface area contributed by atoms with Gasteiger partial charge in [-0.1, -0.05) is 6.92 Å². The average molecular weight is 297 g/mol. The summed E-state index contributed by atoms with van der Waals surface area (Å²) in [5.74, 6) is 0.653. The fourth-order valence-corrected chi connectivity index (χ4v) is 3.13. The number of sulfonamides is 1. The van der Waals surface area contributed by atoms with Crippen molar-refractivity contribution in [2.75, 3.05) is 18.4 Å². The van der Waals surface area contributed by atoms with Crippen molar-refractivity contribution in [2.24, 2.45) is 11.7 Å². The summed E-state index contributed by atoms with van der Waals surface area (Å²) in [5, 5.41) is 3.25. The zero-order chi connectivity index (χ0) is 14.6. The number of hydrogen-bond acceptors (Lipinski definition) is 4. The summed E-state index contributed by atoms with van der Waals surface area (Å²) in [4.78, 5) is 0.294. The molecule has 2 rings (SSSR count). The van der Waals surface area contributed by atoms with E-state index in [2.05, 4.69) is 10.0 Å². The monoisotopic (exact) mass is 297 g/mol. The van der Waals surface area contributed by atoms with Crippen molar-refractivity contribution in [1.29, 1.82) is 0 Å². The molecule has 0 saturated heterocycles. The highest BCUT2D eigenvalue weighted by atomic mass is 32.2. The average Bonchev–Trinajstić information content (AvgIpc) is 3.27. The minimum atomic E-state index is -3.38. The third-order valence-corrected chi connectivity index (χ3v) is 4.95. The van der Waals surface area contributed by atoms with Gasteiger partial charge in [-0.3, -0.25) is 0 Å². The maximum Gasteiger partial charge on any atom is 0.240 e. The highest BCUT2D eigenvalue weighted by molar-refractivity contribution is 7.89. The minimum Gasteiger partial charge on any atom is -0.383 e. The summed E-state index contributed by atoms with van der Waals surface area (Å²) in [5.41, 5.74) is 6.91. The number of anilines is 1. The molecule has 1 saturated carbocycles. The van der Waals surface area contributed by atoms with Crippen LogP contribution in [0.25, 0.3) is 0 Å². The predicted octanol–water partition coefficient (Wildman–Crippen LogP) is 1.52. The number of benzene rings is 1. The van der Waals surface area contributed by atoms with Gasteiger partial charge in [0.05, 0.1) is 4.90 Å². The second-order valence-electron chi connectivity index (χ2n) is 5.30. The van der Waals surface area contributed by atoms with E-state index in [1.165, 1.54) is 12.8 Å². The van der Waals surface area contributed by atoms with E-state index >= 15 is 0 Å². The van der Waals surface area contributed by atoms with Gasteiger partial charge >= 0.3 is 0 Å². The number of nitrogens with one attached hydrogen (secondary N) is 2. The molecule has 1 aromatic rings. The Kier molecular flexibility index (Phi) is 5.01. The van der Waals surface area contributed by atoms with Gasteiger partial charge < -0.3 is 11.1 Å². The normalized spacial score (nSPS) is 16.9. The molecule has 0 bridgehead atoms. The third-order valence-electron chi connectivity index (χ3n) is 3.48. The van der Waals surface area contributed by atoms with Crippen molar-refractivity contribution in [3.05, 3.63) is 24.3 Å². The van der Waals surface area contributed by atoms with Crippen molar-refractivity contribution in [1.82, 2.24) is 4.72 Å². The molecule has 0 aromatic heterocycles. The van der Waals surface area contributed by atoms with E-state index in [9.17, 15) is 8.42 Å². The molecule has 1 aliphatic rings. The molecule has 4 N–H and O–H groups in total. The Morgan fingerprint density at radius 2 is 1.95 bits per heavy atom. The van der Waals surface area contributed by atoms with Gasteiger partial charge in [0, 0.05) is 24.8 Å². The first kappa shape index (κ1) is 15.3. The molecule has 1 aliphatic carbocycles. The Bertz CT molecular complexity index is 524. The van der Waals surface area contributed by atoms with Crippen LogP contribution in [-0.2, 0) is 10.0 Å². The molecule has 0 amide bonds. The molecular formula is C14H23N3O2S. The lowest BCUT2D eigenvalue weighted by Gasteiger charge is -2.13. The second-order valence-corrected chi connectivity index (χ2v) is 7.07. The van der Waals surface area contributed by atoms with Crippen molar-refractivity contribution in [3.8, 4) is 0 Å². The third kappa shape index (κ3) is 4.19. The molecule has 0 radical (unpaired) electrons. The van der Waals surface area contributed by atoms with E-state index in [1.807, 2.05) is 6.92 Å². The maximum atomic E-state index is 11.9. The summed E-state index contributed by atoms with van der Waals surface area (Å²) in [7, 11) is -3.38. The zero-order valence-electron chi connectivity index (χ0n) is 11.8. The molecule has 0 aliphatic heterocycles. The van der Waals surface area contributed by atoms with Crippen LogP contribution >= 0.6 is 0 Å². The van der Waals surface area contributed by atoms with E-state index in [4.69, 9.17) is 5.73 Å². The van der Waals surface area contributed by atoms with Crippen LogP contribution in [0.15, 0.2) is 29.2 Å². The van der Waals surface area contributed by atoms with Crippen LogP contribution in [-0.4, -0.2) is 27.5 Å². The van der Waals surface area contributed by atoms with Gasteiger partial charge in [0.2, 0.25) is 10.0 Å². The summed E-state index contributed by atoms with van der Waals surface area (Å²) < 4.78 is 26.4. The van der Waals surface area contributed by atoms with E-state index in [0.29, 0.717) is 17.4 Å². The molecule has 20 heavy (non-hydrogen) atoms. The molecule has 0 heterocycles. The minimum absolute atomic E-state index is 0.185. The largest absolute Gasteiger partial charge is 0.383 e. The van der Waals surface area contributed by atoms with Crippen molar-refractivity contribution >= 4 is 15.7 Å². The SMILES string of the molecule is CCCNS(=O)(=O)c1ccc(NCC(N)C2CC2)cc1. The molecule has 1 fully saturated rings. The number of hydrogen-bond donors (Lipinski definition) is 3. The molecule has 0 spiro atoms. The van der Waals surface area contributed by atoms with E-state index < -0.39 is 10.0 Å². The molecule has 1 unspecified atom stereocenters. The highest BCUT2D eigenvalue weighted by Crippen LogP contribution is 2.31. The van der Waals surface area contributed by atoms with Gasteiger partial charge in [-0.15, -0.1) is 0 Å². The van der Waals surface area contributed by atoms with Crippen LogP contribution in [0.3, 0.4) is 0 Å². The molecule has 6 heteroatoms. The summed E-state index contributed by atoms with van der Waals surface area (Å²) in [6, 6.07) is 6.97. The topological polar surface area (TPSA) is 84.2 Å². The molecular weight excluding hydrogens is 274 g/mol. The van der Waals surface area contributed by atoms with Gasteiger partial charge in [0.1, 0.15) is 0 Å². The van der Waals surface area contributed by atoms with E-state index in [0.717, 1.165) is 18.7 Å². The fraction of sp³-hybridized carbons (Fsp3) is 0.571. The summed E-state index contributed by atoms with van der Waals surface area (Å²) >= 11 is 0. The van der Waals surface area contributed by atoms with Crippen LogP contribution in [0, 0.1) is 5.92 Å². The zero-order valence-corrected chi connectivity index (χ0v) is 12.6. The van der Waals surface area contributed by atoms with Crippen LogP contribution < -0.4 is 15.8 Å². The van der Waals surface area contributed by atoms with Crippen LogP contribution in [0.1, 0.15) is 26.2 Å². The van der Waals surface area contributed by atoms with Crippen LogP contribution in [0.5, 0.6) is 0 Å². The smallest absolute Gasteiger partial charge is 0.240 e. The Morgan fingerprint density at radius 3 is 2.50 bits per heavy atom. The molecule has 1 atom stereocenters. The number of rotatable bonds is 8. The first-order valence-corrected chi connectivity index (χ1v) is 8.60. The Balaban J connectivity index is 1.91. The lowest BCUT2D eigenvalue weighted by Crippen LogP contribution is -2.31. The Labute approximate surface area is 121 Å². The van der Waals surface area contributed by atoms with Crippen LogP contribution in [0.4, 0.5) is 5.69 Å². The molecule has 5 nitrogen and oxygen atoms in total. The van der Waals surface area contributed by atoms with Gasteiger partial charge in [0.25, 0.3) is 0 Å². The fourth-order valence-electron chi connectivity index (χ4n) is 2.00. The quantitative estimate of drug-likeness (QED) is 0.679. The second kappa shape index (κ2) is 6.56. The van der Waals surface area contributed by atoms with E-state index in [-0.39, 0.29) is 6.04 Å². The van der Waals surface area contributed by atoms with Gasteiger partial charge in [0.15, 0.2) is 0 Å². The Hall–Kier alpha value is -1.11. The van der Waals surface area contributed by atoms with Gasteiger partial charge in [-0.05, 0) is 49.4 Å². The van der Waals surface area contributed by atoms with Crippen LogP contribution in [0.2, 0.25) is 0 Å². The van der Waals surface area contributed by atoms with E-state index in [1.54, 1.807) is 24.3 Å². The van der Waals surface area contributed by atoms with Gasteiger partial charge in [-0.2, -0.15) is 0 Å². The lowest BCUT2D eigenvalue weighted by atomic mass is 10.2. The number of nitrogens with two attached hydrogens (primary N) is 1. The summed E-state index contributed by atoms with van der Waals surface area (Å²) in [6.45, 7) is 3.11. The predicted molar refractivity (Wildman–Crippen MR) is 81.1 cm³/mol. The highest BCUT2D eigenvalue weighted by Gasteiger charge is 2.27. The van der Waals surface area contributed by atoms with Gasteiger partial charge in [-0.25, -0.2) is 13.1 Å². The first-order chi connectivity index (χ1) is 9.53.